The predicted octanol–water partition coefficient (Wildman–Crippen LogP) is 1.51. The van der Waals surface area contributed by atoms with Gasteiger partial charge in [-0.05, 0) is 41.9 Å². The van der Waals surface area contributed by atoms with Crippen molar-refractivity contribution in [3.63, 3.8) is 0 Å². The van der Waals surface area contributed by atoms with Gasteiger partial charge in [0.2, 0.25) is 0 Å². The fourth-order valence-corrected chi connectivity index (χ4v) is 1.14. The molecular weight excluding hydrogens is 248 g/mol. The van der Waals surface area contributed by atoms with Gasteiger partial charge in [0.05, 0.1) is 0 Å². The first-order chi connectivity index (χ1) is 6.38. The summed E-state index contributed by atoms with van der Waals surface area (Å²) in [6.07, 6.45) is 0. The van der Waals surface area contributed by atoms with E-state index in [1.165, 1.54) is 0 Å². The Bertz CT molecular complexity index is 328. The third-order valence-corrected chi connectivity index (χ3v) is 1.93. The fraction of sp³-hybridized carbons (Fsp3) is 0.444. The highest BCUT2D eigenvalue weighted by atomic mass is 79.9. The molecular formula is C9H13BrN2O2. The molecule has 5 heteroatoms. The van der Waals surface area contributed by atoms with Crippen molar-refractivity contribution in [2.24, 2.45) is 5.73 Å². The minimum absolute atomic E-state index is 0.255. The van der Waals surface area contributed by atoms with E-state index in [4.69, 9.17) is 10.2 Å². The van der Waals surface area contributed by atoms with Crippen LogP contribution in [0.3, 0.4) is 0 Å². The van der Waals surface area contributed by atoms with Crippen LogP contribution in [0.25, 0.3) is 0 Å². The van der Waals surface area contributed by atoms with Crippen molar-refractivity contribution >= 4 is 21.8 Å². The van der Waals surface area contributed by atoms with Crippen LogP contribution in [0.4, 0.5) is 0 Å². The Labute approximate surface area is 91.0 Å². The van der Waals surface area contributed by atoms with Crippen LogP contribution in [0.5, 0.6) is 0 Å². The quantitative estimate of drug-likeness (QED) is 0.866. The van der Waals surface area contributed by atoms with E-state index in [0.29, 0.717) is 11.2 Å². The lowest BCUT2D eigenvalue weighted by atomic mass is 10.1. The van der Waals surface area contributed by atoms with E-state index in [1.54, 1.807) is 12.1 Å². The number of nitrogens with two attached hydrogens (primary N) is 1. The van der Waals surface area contributed by atoms with Crippen molar-refractivity contribution in [1.82, 2.24) is 5.32 Å². The first-order valence-electron chi connectivity index (χ1n) is 4.21. The standard InChI is InChI=1S/C9H13BrN2O2/c1-9(2,11)5-12-8(13)6-3-4-7(10)14-6/h3-4H,5,11H2,1-2H3,(H,12,13). The fourth-order valence-electron chi connectivity index (χ4n) is 0.832. The van der Waals surface area contributed by atoms with Crippen molar-refractivity contribution in [2.75, 3.05) is 6.54 Å². The number of carbonyl (C=O) groups excluding carboxylic acids is 1. The highest BCUT2D eigenvalue weighted by molar-refractivity contribution is 9.10. The van der Waals surface area contributed by atoms with E-state index in [-0.39, 0.29) is 11.7 Å². The minimum atomic E-state index is -0.417. The zero-order valence-corrected chi connectivity index (χ0v) is 9.72. The van der Waals surface area contributed by atoms with E-state index >= 15 is 0 Å². The zero-order valence-electron chi connectivity index (χ0n) is 8.13. The summed E-state index contributed by atoms with van der Waals surface area (Å²) < 4.78 is 5.61. The molecule has 0 aliphatic rings. The number of carbonyl (C=O) groups is 1. The molecule has 0 radical (unpaired) electrons. The normalized spacial score (nSPS) is 11.4. The van der Waals surface area contributed by atoms with Gasteiger partial charge in [-0.2, -0.15) is 0 Å². The molecule has 0 atom stereocenters. The largest absolute Gasteiger partial charge is 0.444 e. The van der Waals surface area contributed by atoms with Crippen LogP contribution in [-0.4, -0.2) is 18.0 Å². The number of rotatable bonds is 3. The summed E-state index contributed by atoms with van der Waals surface area (Å²) in [5, 5.41) is 2.67. The molecule has 1 aromatic heterocycles. The molecule has 78 valence electrons. The molecule has 1 aromatic rings. The molecule has 0 bridgehead atoms. The average Bonchev–Trinajstić information content (AvgIpc) is 2.46. The second-order valence-electron chi connectivity index (χ2n) is 3.78. The first kappa shape index (κ1) is 11.3. The number of hydrogen-bond donors (Lipinski definition) is 2. The topological polar surface area (TPSA) is 68.3 Å². The van der Waals surface area contributed by atoms with Gasteiger partial charge >= 0.3 is 0 Å². The van der Waals surface area contributed by atoms with E-state index in [2.05, 4.69) is 21.2 Å². The Morgan fingerprint density at radius 1 is 1.64 bits per heavy atom. The molecule has 0 fully saturated rings. The van der Waals surface area contributed by atoms with E-state index in [9.17, 15) is 4.79 Å². The summed E-state index contributed by atoms with van der Waals surface area (Å²) in [6.45, 7) is 4.08. The van der Waals surface area contributed by atoms with Gasteiger partial charge in [0, 0.05) is 12.1 Å². The molecule has 0 saturated heterocycles. The van der Waals surface area contributed by atoms with Crippen molar-refractivity contribution in [3.8, 4) is 0 Å². The van der Waals surface area contributed by atoms with Crippen LogP contribution < -0.4 is 11.1 Å². The smallest absolute Gasteiger partial charge is 0.287 e. The van der Waals surface area contributed by atoms with Gasteiger partial charge in [0.1, 0.15) is 0 Å². The van der Waals surface area contributed by atoms with Crippen molar-refractivity contribution in [2.45, 2.75) is 19.4 Å². The number of amides is 1. The van der Waals surface area contributed by atoms with Crippen molar-refractivity contribution < 1.29 is 9.21 Å². The maximum atomic E-state index is 11.4. The molecule has 0 saturated carbocycles. The molecule has 1 heterocycles. The third-order valence-electron chi connectivity index (χ3n) is 1.50. The summed E-state index contributed by atoms with van der Waals surface area (Å²) >= 11 is 3.12. The van der Waals surface area contributed by atoms with Crippen LogP contribution in [0.1, 0.15) is 24.4 Å². The van der Waals surface area contributed by atoms with E-state index < -0.39 is 5.54 Å². The van der Waals surface area contributed by atoms with Crippen LogP contribution in [0, 0.1) is 0 Å². The Balaban J connectivity index is 2.52. The summed E-state index contributed by atoms with van der Waals surface area (Å²) in [7, 11) is 0. The van der Waals surface area contributed by atoms with Gasteiger partial charge in [-0.1, -0.05) is 0 Å². The number of furan rings is 1. The Morgan fingerprint density at radius 2 is 2.29 bits per heavy atom. The average molecular weight is 261 g/mol. The maximum absolute atomic E-state index is 11.4. The molecule has 1 rings (SSSR count). The molecule has 0 aliphatic carbocycles. The molecule has 0 aromatic carbocycles. The Kier molecular flexibility index (Phi) is 3.34. The number of nitrogens with one attached hydrogen (secondary N) is 1. The number of hydrogen-bond acceptors (Lipinski definition) is 3. The Hall–Kier alpha value is -0.810. The lowest BCUT2D eigenvalue weighted by Gasteiger charge is -2.18. The molecule has 0 spiro atoms. The maximum Gasteiger partial charge on any atom is 0.287 e. The SMILES string of the molecule is CC(C)(N)CNC(=O)c1ccc(Br)o1. The monoisotopic (exact) mass is 260 g/mol. The molecule has 1 amide bonds. The second kappa shape index (κ2) is 4.14. The predicted molar refractivity (Wildman–Crippen MR) is 57.0 cm³/mol. The van der Waals surface area contributed by atoms with Crippen LogP contribution in [-0.2, 0) is 0 Å². The summed E-state index contributed by atoms with van der Waals surface area (Å²) in [5.41, 5.74) is 5.30. The van der Waals surface area contributed by atoms with Crippen LogP contribution in [0.15, 0.2) is 21.2 Å². The summed E-state index contributed by atoms with van der Waals surface area (Å²) in [6, 6.07) is 3.27. The van der Waals surface area contributed by atoms with E-state index in [0.717, 1.165) is 0 Å². The summed E-state index contributed by atoms with van der Waals surface area (Å²) in [5.74, 6) is 0.0235. The summed E-state index contributed by atoms with van der Waals surface area (Å²) in [4.78, 5) is 11.4. The van der Waals surface area contributed by atoms with Gasteiger partial charge in [-0.15, -0.1) is 0 Å². The van der Waals surface area contributed by atoms with Crippen LogP contribution in [0.2, 0.25) is 0 Å². The third kappa shape index (κ3) is 3.51. The van der Waals surface area contributed by atoms with Crippen LogP contribution >= 0.6 is 15.9 Å². The molecule has 0 unspecified atom stereocenters. The second-order valence-corrected chi connectivity index (χ2v) is 4.56. The zero-order chi connectivity index (χ0) is 10.8. The molecule has 3 N–H and O–H groups in total. The first-order valence-corrected chi connectivity index (χ1v) is 5.00. The Morgan fingerprint density at radius 3 is 2.71 bits per heavy atom. The number of halogens is 1. The molecule has 14 heavy (non-hydrogen) atoms. The van der Waals surface area contributed by atoms with Gasteiger partial charge < -0.3 is 15.5 Å². The van der Waals surface area contributed by atoms with Gasteiger partial charge in [0.15, 0.2) is 10.4 Å². The van der Waals surface area contributed by atoms with Crippen molar-refractivity contribution in [3.05, 3.63) is 22.6 Å². The van der Waals surface area contributed by atoms with Gasteiger partial charge in [0.25, 0.3) is 5.91 Å². The highest BCUT2D eigenvalue weighted by Gasteiger charge is 2.15. The van der Waals surface area contributed by atoms with Gasteiger partial charge in [-0.25, -0.2) is 0 Å². The lowest BCUT2D eigenvalue weighted by Crippen LogP contribution is -2.45. The van der Waals surface area contributed by atoms with E-state index in [1.807, 2.05) is 13.8 Å². The minimum Gasteiger partial charge on any atom is -0.444 e. The van der Waals surface area contributed by atoms with Gasteiger partial charge in [-0.3, -0.25) is 4.79 Å². The molecule has 0 aliphatic heterocycles. The highest BCUT2D eigenvalue weighted by Crippen LogP contribution is 2.13. The van der Waals surface area contributed by atoms with Crippen molar-refractivity contribution in [1.29, 1.82) is 0 Å². The molecule has 4 nitrogen and oxygen atoms in total. The lowest BCUT2D eigenvalue weighted by molar-refractivity contribution is 0.0917.